The van der Waals surface area contributed by atoms with E-state index in [0.717, 1.165) is 16.3 Å². The molecule has 0 aliphatic rings. The number of hydrogen-bond acceptors (Lipinski definition) is 2. The van der Waals surface area contributed by atoms with Crippen LogP contribution >= 0.6 is 22.9 Å². The maximum Gasteiger partial charge on any atom is 0.0561 e. The Labute approximate surface area is 102 Å². The maximum absolute atomic E-state index is 6.08. The van der Waals surface area contributed by atoms with E-state index in [1.807, 2.05) is 11.4 Å². The minimum Gasteiger partial charge on any atom is -0.323 e. The van der Waals surface area contributed by atoms with Crippen LogP contribution in [0, 0.1) is 0 Å². The predicted octanol–water partition coefficient (Wildman–Crippen LogP) is 4.76. The molecule has 3 heteroatoms. The van der Waals surface area contributed by atoms with E-state index in [1.165, 1.54) is 32.1 Å². The van der Waals surface area contributed by atoms with E-state index in [2.05, 4.69) is 6.92 Å². The van der Waals surface area contributed by atoms with Gasteiger partial charge in [-0.25, -0.2) is 0 Å². The Morgan fingerprint density at radius 1 is 1.33 bits per heavy atom. The highest BCUT2D eigenvalue weighted by molar-refractivity contribution is 7.10. The molecule has 1 nitrogen and oxygen atoms in total. The molecule has 1 aromatic heterocycles. The van der Waals surface area contributed by atoms with Crippen molar-refractivity contribution in [3.05, 3.63) is 21.3 Å². The monoisotopic (exact) mass is 245 g/mol. The first kappa shape index (κ1) is 13.0. The zero-order chi connectivity index (χ0) is 11.1. The van der Waals surface area contributed by atoms with Gasteiger partial charge in [-0.05, 0) is 17.9 Å². The molecular weight excluding hydrogens is 226 g/mol. The molecule has 0 aromatic carbocycles. The lowest BCUT2D eigenvalue weighted by molar-refractivity contribution is 0.560. The predicted molar refractivity (Wildman–Crippen MR) is 69.6 cm³/mol. The second-order valence-corrected chi connectivity index (χ2v) is 5.30. The number of rotatable bonds is 7. The van der Waals surface area contributed by atoms with Crippen LogP contribution < -0.4 is 5.73 Å². The standard InChI is InChI=1S/C12H20ClNS/c1-2-3-4-5-6-7-11(14)12-10(13)8-9-15-12/h8-9,11H,2-7,14H2,1H3. The van der Waals surface area contributed by atoms with Gasteiger partial charge in [-0.1, -0.05) is 50.6 Å². The highest BCUT2D eigenvalue weighted by atomic mass is 35.5. The van der Waals surface area contributed by atoms with Gasteiger partial charge in [0.05, 0.1) is 5.02 Å². The van der Waals surface area contributed by atoms with E-state index >= 15 is 0 Å². The Morgan fingerprint density at radius 3 is 2.67 bits per heavy atom. The first-order chi connectivity index (χ1) is 7.25. The second-order valence-electron chi connectivity index (χ2n) is 3.94. The Morgan fingerprint density at radius 2 is 2.07 bits per heavy atom. The largest absolute Gasteiger partial charge is 0.323 e. The molecule has 0 saturated heterocycles. The first-order valence-electron chi connectivity index (χ1n) is 5.74. The molecule has 0 bridgehead atoms. The Balaban J connectivity index is 2.19. The molecule has 1 unspecified atom stereocenters. The van der Waals surface area contributed by atoms with Crippen LogP contribution in [0.4, 0.5) is 0 Å². The molecule has 1 rings (SSSR count). The molecule has 0 radical (unpaired) electrons. The molecule has 0 fully saturated rings. The van der Waals surface area contributed by atoms with Gasteiger partial charge < -0.3 is 5.73 Å². The van der Waals surface area contributed by atoms with Gasteiger partial charge >= 0.3 is 0 Å². The molecular formula is C12H20ClNS. The molecule has 0 aliphatic carbocycles. The maximum atomic E-state index is 6.08. The third kappa shape index (κ3) is 4.54. The van der Waals surface area contributed by atoms with Crippen molar-refractivity contribution in [1.82, 2.24) is 0 Å². The number of unbranched alkanes of at least 4 members (excludes halogenated alkanes) is 4. The normalized spacial score (nSPS) is 13.0. The summed E-state index contributed by atoms with van der Waals surface area (Å²) >= 11 is 7.70. The van der Waals surface area contributed by atoms with Gasteiger partial charge in [0, 0.05) is 10.9 Å². The summed E-state index contributed by atoms with van der Waals surface area (Å²) in [6, 6.07) is 2.07. The third-order valence-electron chi connectivity index (χ3n) is 2.60. The molecule has 1 atom stereocenters. The minimum atomic E-state index is 0.138. The van der Waals surface area contributed by atoms with Crippen LogP contribution in [0.5, 0.6) is 0 Å². The van der Waals surface area contributed by atoms with Crippen molar-refractivity contribution < 1.29 is 0 Å². The summed E-state index contributed by atoms with van der Waals surface area (Å²) in [4.78, 5) is 1.15. The number of hydrogen-bond donors (Lipinski definition) is 1. The molecule has 0 aliphatic heterocycles. The summed E-state index contributed by atoms with van der Waals surface area (Å²) in [5.41, 5.74) is 6.08. The van der Waals surface area contributed by atoms with Crippen LogP contribution in [-0.2, 0) is 0 Å². The van der Waals surface area contributed by atoms with E-state index in [9.17, 15) is 0 Å². The smallest absolute Gasteiger partial charge is 0.0561 e. The van der Waals surface area contributed by atoms with E-state index in [4.69, 9.17) is 17.3 Å². The molecule has 15 heavy (non-hydrogen) atoms. The molecule has 0 amide bonds. The van der Waals surface area contributed by atoms with Gasteiger partial charge in [0.15, 0.2) is 0 Å². The summed E-state index contributed by atoms with van der Waals surface area (Å²) < 4.78 is 0. The first-order valence-corrected chi connectivity index (χ1v) is 7.00. The number of thiophene rings is 1. The zero-order valence-electron chi connectivity index (χ0n) is 9.34. The second kappa shape index (κ2) is 7.26. The van der Waals surface area contributed by atoms with Crippen LogP contribution in [0.15, 0.2) is 11.4 Å². The van der Waals surface area contributed by atoms with Gasteiger partial charge in [-0.3, -0.25) is 0 Å². The number of nitrogens with two attached hydrogens (primary N) is 1. The molecule has 0 saturated carbocycles. The van der Waals surface area contributed by atoms with Crippen molar-refractivity contribution in [2.24, 2.45) is 5.73 Å². The van der Waals surface area contributed by atoms with Crippen LogP contribution in [0.25, 0.3) is 0 Å². The van der Waals surface area contributed by atoms with Crippen molar-refractivity contribution in [2.75, 3.05) is 0 Å². The quantitative estimate of drug-likeness (QED) is 0.689. The molecule has 86 valence electrons. The highest BCUT2D eigenvalue weighted by Crippen LogP contribution is 2.30. The van der Waals surface area contributed by atoms with Crippen molar-refractivity contribution >= 4 is 22.9 Å². The highest BCUT2D eigenvalue weighted by Gasteiger charge is 2.10. The lowest BCUT2D eigenvalue weighted by Crippen LogP contribution is -2.08. The van der Waals surface area contributed by atoms with Crippen LogP contribution in [0.2, 0.25) is 5.02 Å². The van der Waals surface area contributed by atoms with E-state index in [-0.39, 0.29) is 6.04 Å². The van der Waals surface area contributed by atoms with E-state index in [1.54, 1.807) is 11.3 Å². The van der Waals surface area contributed by atoms with Gasteiger partial charge in [0.2, 0.25) is 0 Å². The fraction of sp³-hybridized carbons (Fsp3) is 0.667. The topological polar surface area (TPSA) is 26.0 Å². The molecule has 1 aromatic rings. The van der Waals surface area contributed by atoms with Gasteiger partial charge in [-0.2, -0.15) is 0 Å². The van der Waals surface area contributed by atoms with Gasteiger partial charge in [0.1, 0.15) is 0 Å². The van der Waals surface area contributed by atoms with Crippen molar-refractivity contribution in [3.8, 4) is 0 Å². The SMILES string of the molecule is CCCCCCCC(N)c1sccc1Cl. The summed E-state index contributed by atoms with van der Waals surface area (Å²) in [6.07, 6.45) is 7.54. The van der Waals surface area contributed by atoms with Gasteiger partial charge in [-0.15, -0.1) is 11.3 Å². The van der Waals surface area contributed by atoms with Crippen molar-refractivity contribution in [3.63, 3.8) is 0 Å². The molecule has 2 N–H and O–H groups in total. The lowest BCUT2D eigenvalue weighted by Gasteiger charge is -2.09. The lowest BCUT2D eigenvalue weighted by atomic mass is 10.1. The fourth-order valence-electron chi connectivity index (χ4n) is 1.67. The third-order valence-corrected chi connectivity index (χ3v) is 4.09. The average molecular weight is 246 g/mol. The van der Waals surface area contributed by atoms with Crippen LogP contribution in [0.1, 0.15) is 56.4 Å². The van der Waals surface area contributed by atoms with Crippen molar-refractivity contribution in [1.29, 1.82) is 0 Å². The number of halogens is 1. The molecule has 1 heterocycles. The average Bonchev–Trinajstić information content (AvgIpc) is 2.64. The summed E-state index contributed by atoms with van der Waals surface area (Å²) in [7, 11) is 0. The fourth-order valence-corrected chi connectivity index (χ4v) is 2.90. The summed E-state index contributed by atoms with van der Waals surface area (Å²) in [5.74, 6) is 0. The zero-order valence-corrected chi connectivity index (χ0v) is 10.9. The summed E-state index contributed by atoms with van der Waals surface area (Å²) in [6.45, 7) is 2.23. The minimum absolute atomic E-state index is 0.138. The Hall–Kier alpha value is -0.0500. The molecule has 0 spiro atoms. The Kier molecular flexibility index (Phi) is 6.30. The summed E-state index contributed by atoms with van der Waals surface area (Å²) in [5, 5.41) is 2.84. The van der Waals surface area contributed by atoms with E-state index in [0.29, 0.717) is 0 Å². The van der Waals surface area contributed by atoms with Crippen LogP contribution in [0.3, 0.4) is 0 Å². The Bertz CT molecular complexity index is 272. The van der Waals surface area contributed by atoms with Gasteiger partial charge in [0.25, 0.3) is 0 Å². The van der Waals surface area contributed by atoms with E-state index < -0.39 is 0 Å². The van der Waals surface area contributed by atoms with Crippen molar-refractivity contribution in [2.45, 2.75) is 51.5 Å². The van der Waals surface area contributed by atoms with Crippen LogP contribution in [-0.4, -0.2) is 0 Å².